The summed E-state index contributed by atoms with van der Waals surface area (Å²) < 4.78 is 17.0. The van der Waals surface area contributed by atoms with Gasteiger partial charge in [-0.1, -0.05) is 0 Å². The van der Waals surface area contributed by atoms with E-state index in [1.807, 2.05) is 12.1 Å². The first-order valence-corrected chi connectivity index (χ1v) is 7.19. The molecule has 3 rings (SSSR count). The Hall–Kier alpha value is -1.35. The molecule has 0 unspecified atom stereocenters. The van der Waals surface area contributed by atoms with Crippen LogP contribution < -0.4 is 0 Å². The van der Waals surface area contributed by atoms with Crippen LogP contribution in [0.4, 0.5) is 0 Å². The molecular weight excluding hydrogens is 256 g/mol. The van der Waals surface area contributed by atoms with Crippen molar-refractivity contribution < 1.29 is 13.9 Å². The Morgan fingerprint density at radius 2 is 2.20 bits per heavy atom. The first-order chi connectivity index (χ1) is 9.69. The molecule has 20 heavy (non-hydrogen) atoms. The number of nitriles is 1. The Morgan fingerprint density at radius 1 is 1.40 bits per heavy atom. The fourth-order valence-electron chi connectivity index (χ4n) is 3.14. The van der Waals surface area contributed by atoms with E-state index in [2.05, 4.69) is 11.8 Å². The van der Waals surface area contributed by atoms with Crippen LogP contribution >= 0.6 is 0 Å². The van der Waals surface area contributed by atoms with Crippen molar-refractivity contribution in [2.75, 3.05) is 26.3 Å². The standard InChI is InChI=1S/C15H20N2O3/c1-15(18-7-8-19-15)12-3-2-6-17(10-12)11-14-5-4-13(9-16)20-14/h4-5,12H,2-3,6-8,10-11H2,1H3/t12-/m1/s1. The van der Waals surface area contributed by atoms with Gasteiger partial charge in [0.05, 0.1) is 19.8 Å². The lowest BCUT2D eigenvalue weighted by Crippen LogP contribution is -2.46. The summed E-state index contributed by atoms with van der Waals surface area (Å²) in [5.74, 6) is 1.19. The molecule has 2 aliphatic rings. The van der Waals surface area contributed by atoms with E-state index in [1.165, 1.54) is 0 Å². The molecule has 0 spiro atoms. The molecule has 0 bridgehead atoms. The van der Waals surface area contributed by atoms with E-state index >= 15 is 0 Å². The first-order valence-electron chi connectivity index (χ1n) is 7.19. The average Bonchev–Trinajstić information content (AvgIpc) is 3.09. The quantitative estimate of drug-likeness (QED) is 0.846. The molecule has 0 saturated carbocycles. The Bertz CT molecular complexity index is 499. The summed E-state index contributed by atoms with van der Waals surface area (Å²) in [6, 6.07) is 5.62. The number of ether oxygens (including phenoxy) is 2. The molecule has 2 saturated heterocycles. The van der Waals surface area contributed by atoms with Crippen molar-refractivity contribution in [2.24, 2.45) is 5.92 Å². The molecule has 3 heterocycles. The molecule has 108 valence electrons. The molecule has 0 N–H and O–H groups in total. The van der Waals surface area contributed by atoms with Crippen LogP contribution in [-0.4, -0.2) is 37.0 Å². The maximum Gasteiger partial charge on any atom is 0.203 e. The van der Waals surface area contributed by atoms with Gasteiger partial charge in [-0.15, -0.1) is 0 Å². The summed E-state index contributed by atoms with van der Waals surface area (Å²) in [5, 5.41) is 8.79. The number of hydrogen-bond acceptors (Lipinski definition) is 5. The van der Waals surface area contributed by atoms with Gasteiger partial charge in [0.25, 0.3) is 0 Å². The minimum absolute atomic E-state index is 0.378. The fourth-order valence-corrected chi connectivity index (χ4v) is 3.14. The molecule has 1 aromatic rings. The number of rotatable bonds is 3. The number of nitrogens with zero attached hydrogens (tertiary/aromatic N) is 2. The van der Waals surface area contributed by atoms with Gasteiger partial charge in [0.2, 0.25) is 5.76 Å². The smallest absolute Gasteiger partial charge is 0.203 e. The van der Waals surface area contributed by atoms with E-state index in [0.717, 1.165) is 38.2 Å². The van der Waals surface area contributed by atoms with Gasteiger partial charge < -0.3 is 13.9 Å². The van der Waals surface area contributed by atoms with E-state index in [4.69, 9.17) is 19.2 Å². The van der Waals surface area contributed by atoms with Crippen molar-refractivity contribution in [2.45, 2.75) is 32.1 Å². The van der Waals surface area contributed by atoms with Crippen LogP contribution in [0.25, 0.3) is 0 Å². The highest BCUT2D eigenvalue weighted by atomic mass is 16.7. The summed E-state index contributed by atoms with van der Waals surface area (Å²) in [6.07, 6.45) is 2.27. The van der Waals surface area contributed by atoms with E-state index in [0.29, 0.717) is 24.9 Å². The van der Waals surface area contributed by atoms with E-state index in [-0.39, 0.29) is 0 Å². The van der Waals surface area contributed by atoms with Gasteiger partial charge >= 0.3 is 0 Å². The predicted molar refractivity (Wildman–Crippen MR) is 71.7 cm³/mol. The summed E-state index contributed by atoms with van der Waals surface area (Å²) >= 11 is 0. The highest BCUT2D eigenvalue weighted by Gasteiger charge is 2.41. The average molecular weight is 276 g/mol. The molecule has 2 aliphatic heterocycles. The van der Waals surface area contributed by atoms with Crippen molar-refractivity contribution in [1.82, 2.24) is 4.90 Å². The SMILES string of the molecule is CC1([C@@H]2CCCN(Cc3ccc(C#N)o3)C2)OCCO1. The molecule has 2 fully saturated rings. The molecule has 1 aromatic heterocycles. The van der Waals surface area contributed by atoms with E-state index < -0.39 is 5.79 Å². The van der Waals surface area contributed by atoms with Crippen molar-refractivity contribution in [3.63, 3.8) is 0 Å². The van der Waals surface area contributed by atoms with Gasteiger partial charge in [-0.05, 0) is 38.4 Å². The van der Waals surface area contributed by atoms with Crippen LogP contribution in [0.2, 0.25) is 0 Å². The van der Waals surface area contributed by atoms with Crippen molar-refractivity contribution in [3.8, 4) is 6.07 Å². The Kier molecular flexibility index (Phi) is 3.79. The van der Waals surface area contributed by atoms with Crippen LogP contribution in [0, 0.1) is 17.2 Å². The molecular formula is C15H20N2O3. The minimum atomic E-state index is -0.431. The van der Waals surface area contributed by atoms with Gasteiger partial charge in [0.15, 0.2) is 5.79 Å². The Balaban J connectivity index is 1.62. The van der Waals surface area contributed by atoms with Crippen molar-refractivity contribution in [3.05, 3.63) is 23.7 Å². The van der Waals surface area contributed by atoms with Gasteiger partial charge in [0.1, 0.15) is 11.8 Å². The van der Waals surface area contributed by atoms with Crippen molar-refractivity contribution in [1.29, 1.82) is 5.26 Å². The van der Waals surface area contributed by atoms with Gasteiger partial charge in [-0.3, -0.25) is 4.90 Å². The van der Waals surface area contributed by atoms with Gasteiger partial charge in [-0.25, -0.2) is 0 Å². The normalized spacial score (nSPS) is 26.5. The molecule has 0 aromatic carbocycles. The second-order valence-electron chi connectivity index (χ2n) is 5.66. The third-order valence-electron chi connectivity index (χ3n) is 4.26. The highest BCUT2D eigenvalue weighted by molar-refractivity contribution is 5.19. The Morgan fingerprint density at radius 3 is 2.90 bits per heavy atom. The van der Waals surface area contributed by atoms with Crippen LogP contribution in [0.1, 0.15) is 31.3 Å². The predicted octanol–water partition coefficient (Wildman–Crippen LogP) is 2.13. The van der Waals surface area contributed by atoms with E-state index in [9.17, 15) is 0 Å². The van der Waals surface area contributed by atoms with Gasteiger partial charge in [-0.2, -0.15) is 5.26 Å². The lowest BCUT2D eigenvalue weighted by atomic mass is 9.90. The lowest BCUT2D eigenvalue weighted by Gasteiger charge is -2.39. The zero-order chi connectivity index (χ0) is 14.0. The number of likely N-dealkylation sites (tertiary alicyclic amines) is 1. The zero-order valence-corrected chi connectivity index (χ0v) is 11.8. The molecule has 0 aliphatic carbocycles. The number of furan rings is 1. The summed E-state index contributed by atoms with van der Waals surface area (Å²) in [4.78, 5) is 2.35. The third kappa shape index (κ3) is 2.73. The van der Waals surface area contributed by atoms with Crippen LogP contribution in [0.5, 0.6) is 0 Å². The van der Waals surface area contributed by atoms with Crippen LogP contribution in [-0.2, 0) is 16.0 Å². The van der Waals surface area contributed by atoms with Crippen molar-refractivity contribution >= 4 is 0 Å². The minimum Gasteiger partial charge on any atom is -0.449 e. The molecule has 5 heteroatoms. The van der Waals surface area contributed by atoms with Gasteiger partial charge in [0, 0.05) is 12.5 Å². The second kappa shape index (κ2) is 5.57. The first kappa shape index (κ1) is 13.6. The monoisotopic (exact) mass is 276 g/mol. The van der Waals surface area contributed by atoms with Crippen LogP contribution in [0.15, 0.2) is 16.5 Å². The van der Waals surface area contributed by atoms with Crippen LogP contribution in [0.3, 0.4) is 0 Å². The number of hydrogen-bond donors (Lipinski definition) is 0. The maximum atomic E-state index is 8.79. The zero-order valence-electron chi connectivity index (χ0n) is 11.8. The summed E-state index contributed by atoms with van der Waals surface area (Å²) in [6.45, 7) is 6.17. The highest BCUT2D eigenvalue weighted by Crippen LogP contribution is 2.34. The summed E-state index contributed by atoms with van der Waals surface area (Å²) in [7, 11) is 0. The summed E-state index contributed by atoms with van der Waals surface area (Å²) in [5.41, 5.74) is 0. The third-order valence-corrected chi connectivity index (χ3v) is 4.26. The Labute approximate surface area is 119 Å². The second-order valence-corrected chi connectivity index (χ2v) is 5.66. The molecule has 0 amide bonds. The fraction of sp³-hybridized carbons (Fsp3) is 0.667. The largest absolute Gasteiger partial charge is 0.449 e. The molecule has 0 radical (unpaired) electrons. The topological polar surface area (TPSA) is 58.6 Å². The maximum absolute atomic E-state index is 8.79. The molecule has 1 atom stereocenters. The van der Waals surface area contributed by atoms with E-state index in [1.54, 1.807) is 6.07 Å². The lowest BCUT2D eigenvalue weighted by molar-refractivity contribution is -0.192. The number of piperidine rings is 1. The molecule has 5 nitrogen and oxygen atoms in total.